The second-order valence-corrected chi connectivity index (χ2v) is 4.46. The zero-order chi connectivity index (χ0) is 10.5. The van der Waals surface area contributed by atoms with Crippen molar-refractivity contribution in [2.24, 2.45) is 11.1 Å². The van der Waals surface area contributed by atoms with Crippen LogP contribution in [0.3, 0.4) is 0 Å². The van der Waals surface area contributed by atoms with Crippen molar-refractivity contribution in [3.8, 4) is 0 Å². The van der Waals surface area contributed by atoms with Crippen molar-refractivity contribution in [3.05, 3.63) is 0 Å². The maximum Gasteiger partial charge on any atom is 0.245 e. The van der Waals surface area contributed by atoms with E-state index < -0.39 is 0 Å². The molecule has 1 amide bonds. The van der Waals surface area contributed by atoms with E-state index >= 15 is 0 Å². The van der Waals surface area contributed by atoms with Gasteiger partial charge in [0, 0.05) is 12.5 Å². The largest absolute Gasteiger partial charge is 0.327 e. The number of nitrogens with one attached hydrogen (secondary N) is 1. The first kappa shape index (κ1) is 12.4. The summed E-state index contributed by atoms with van der Waals surface area (Å²) >= 11 is 0. The molecule has 0 aliphatic heterocycles. The normalized spacial score (nSPS) is 13.9. The lowest BCUT2D eigenvalue weighted by molar-refractivity contribution is -0.131. The summed E-state index contributed by atoms with van der Waals surface area (Å²) in [5.41, 5.74) is 8.18. The zero-order valence-electron chi connectivity index (χ0n) is 8.89. The molecule has 0 saturated heterocycles. The van der Waals surface area contributed by atoms with Gasteiger partial charge in [0.1, 0.15) is 0 Å². The third-order valence-corrected chi connectivity index (χ3v) is 1.54. The lowest BCUT2D eigenvalue weighted by Crippen LogP contribution is -2.33. The number of carbonyl (C=O) groups is 1. The van der Waals surface area contributed by atoms with Crippen LogP contribution < -0.4 is 11.2 Å². The Balaban J connectivity index is 3.74. The second-order valence-electron chi connectivity index (χ2n) is 4.46. The molecule has 0 bridgehead atoms. The first-order valence-corrected chi connectivity index (χ1v) is 4.42. The van der Waals surface area contributed by atoms with Crippen LogP contribution in [0.2, 0.25) is 0 Å². The van der Waals surface area contributed by atoms with E-state index in [1.165, 1.54) is 7.11 Å². The van der Waals surface area contributed by atoms with Gasteiger partial charge in [0.15, 0.2) is 0 Å². The van der Waals surface area contributed by atoms with Crippen molar-refractivity contribution < 1.29 is 9.63 Å². The first-order chi connectivity index (χ1) is 5.85. The van der Waals surface area contributed by atoms with Crippen LogP contribution in [-0.4, -0.2) is 19.1 Å². The Kier molecular flexibility index (Phi) is 4.95. The molecule has 0 radical (unpaired) electrons. The molecular weight excluding hydrogens is 168 g/mol. The number of rotatable bonds is 4. The highest BCUT2D eigenvalue weighted by Crippen LogP contribution is 2.20. The highest BCUT2D eigenvalue weighted by molar-refractivity contribution is 5.75. The third-order valence-electron chi connectivity index (χ3n) is 1.54. The molecule has 1 atom stereocenters. The number of nitrogens with two attached hydrogens (primary N) is 1. The Morgan fingerprint density at radius 2 is 2.08 bits per heavy atom. The van der Waals surface area contributed by atoms with Crippen molar-refractivity contribution in [1.29, 1.82) is 0 Å². The lowest BCUT2D eigenvalue weighted by atomic mass is 9.87. The van der Waals surface area contributed by atoms with Gasteiger partial charge in [-0.2, -0.15) is 0 Å². The molecule has 0 spiro atoms. The van der Waals surface area contributed by atoms with Gasteiger partial charge in [-0.05, 0) is 11.8 Å². The molecule has 0 aromatic rings. The molecule has 1 unspecified atom stereocenters. The molecule has 0 aliphatic carbocycles. The van der Waals surface area contributed by atoms with Crippen LogP contribution in [0.1, 0.15) is 33.6 Å². The van der Waals surface area contributed by atoms with Gasteiger partial charge >= 0.3 is 0 Å². The van der Waals surface area contributed by atoms with E-state index in [0.29, 0.717) is 6.42 Å². The van der Waals surface area contributed by atoms with Crippen LogP contribution in [0.5, 0.6) is 0 Å². The van der Waals surface area contributed by atoms with E-state index in [9.17, 15) is 4.79 Å². The van der Waals surface area contributed by atoms with Gasteiger partial charge in [-0.1, -0.05) is 20.8 Å². The fraction of sp³-hybridized carbons (Fsp3) is 0.889. The molecule has 0 aromatic carbocycles. The standard InChI is InChI=1S/C9H20N2O2/c1-9(2,3)6-7(10)5-8(12)11-13-4/h7H,5-6,10H2,1-4H3,(H,11,12). The molecule has 0 aromatic heterocycles. The van der Waals surface area contributed by atoms with Crippen LogP contribution in [0.25, 0.3) is 0 Å². The molecule has 0 saturated carbocycles. The van der Waals surface area contributed by atoms with E-state index in [1.807, 2.05) is 0 Å². The maximum atomic E-state index is 11.0. The smallest absolute Gasteiger partial charge is 0.245 e. The van der Waals surface area contributed by atoms with Crippen LogP contribution in [0.4, 0.5) is 0 Å². The van der Waals surface area contributed by atoms with Crippen molar-refractivity contribution in [3.63, 3.8) is 0 Å². The molecule has 78 valence electrons. The monoisotopic (exact) mass is 188 g/mol. The van der Waals surface area contributed by atoms with E-state index in [-0.39, 0.29) is 17.4 Å². The predicted octanol–water partition coefficient (Wildman–Crippen LogP) is 0.818. The van der Waals surface area contributed by atoms with Crippen LogP contribution >= 0.6 is 0 Å². The van der Waals surface area contributed by atoms with Gasteiger partial charge in [0.25, 0.3) is 0 Å². The van der Waals surface area contributed by atoms with E-state index in [2.05, 4.69) is 31.1 Å². The predicted molar refractivity (Wildman–Crippen MR) is 51.8 cm³/mol. The van der Waals surface area contributed by atoms with Crippen molar-refractivity contribution in [2.75, 3.05) is 7.11 Å². The van der Waals surface area contributed by atoms with Gasteiger partial charge in [-0.3, -0.25) is 9.63 Å². The summed E-state index contributed by atoms with van der Waals surface area (Å²) in [5.74, 6) is -0.167. The minimum Gasteiger partial charge on any atom is -0.327 e. The average Bonchev–Trinajstić information content (AvgIpc) is 1.81. The summed E-state index contributed by atoms with van der Waals surface area (Å²) < 4.78 is 0. The minimum absolute atomic E-state index is 0.102. The highest BCUT2D eigenvalue weighted by atomic mass is 16.6. The Labute approximate surface area is 79.8 Å². The van der Waals surface area contributed by atoms with Gasteiger partial charge in [-0.25, -0.2) is 5.48 Å². The number of carbonyl (C=O) groups excluding carboxylic acids is 1. The Bertz CT molecular complexity index is 163. The molecule has 13 heavy (non-hydrogen) atoms. The summed E-state index contributed by atoms with van der Waals surface area (Å²) in [6.07, 6.45) is 1.13. The molecule has 3 N–H and O–H groups in total. The van der Waals surface area contributed by atoms with Crippen LogP contribution in [-0.2, 0) is 9.63 Å². The van der Waals surface area contributed by atoms with Crippen molar-refractivity contribution in [1.82, 2.24) is 5.48 Å². The third kappa shape index (κ3) is 7.74. The molecule has 0 aliphatic rings. The van der Waals surface area contributed by atoms with Crippen LogP contribution in [0, 0.1) is 5.41 Å². The second kappa shape index (κ2) is 5.19. The van der Waals surface area contributed by atoms with Crippen molar-refractivity contribution >= 4 is 5.91 Å². The molecule has 0 fully saturated rings. The minimum atomic E-state index is -0.167. The number of amides is 1. The summed E-state index contributed by atoms with van der Waals surface area (Å²) in [5, 5.41) is 0. The fourth-order valence-corrected chi connectivity index (χ4v) is 1.25. The molecule has 4 nitrogen and oxygen atoms in total. The number of hydrogen-bond donors (Lipinski definition) is 2. The topological polar surface area (TPSA) is 64.3 Å². The first-order valence-electron chi connectivity index (χ1n) is 4.42. The van der Waals surface area contributed by atoms with Gasteiger partial charge in [0.05, 0.1) is 7.11 Å². The SMILES string of the molecule is CONC(=O)CC(N)CC(C)(C)C. The summed E-state index contributed by atoms with van der Waals surface area (Å²) in [7, 11) is 1.41. The van der Waals surface area contributed by atoms with Gasteiger partial charge < -0.3 is 5.73 Å². The van der Waals surface area contributed by atoms with Gasteiger partial charge in [0.2, 0.25) is 5.91 Å². The fourth-order valence-electron chi connectivity index (χ4n) is 1.25. The quantitative estimate of drug-likeness (QED) is 0.642. The van der Waals surface area contributed by atoms with Crippen molar-refractivity contribution in [2.45, 2.75) is 39.7 Å². The number of hydrogen-bond acceptors (Lipinski definition) is 3. The zero-order valence-corrected chi connectivity index (χ0v) is 8.89. The van der Waals surface area contributed by atoms with E-state index in [4.69, 9.17) is 5.73 Å². The Hall–Kier alpha value is -0.610. The van der Waals surface area contributed by atoms with Crippen LogP contribution in [0.15, 0.2) is 0 Å². The molecule has 0 heterocycles. The molecule has 4 heteroatoms. The van der Waals surface area contributed by atoms with E-state index in [0.717, 1.165) is 6.42 Å². The Morgan fingerprint density at radius 3 is 2.46 bits per heavy atom. The maximum absolute atomic E-state index is 11.0. The highest BCUT2D eigenvalue weighted by Gasteiger charge is 2.17. The summed E-state index contributed by atoms with van der Waals surface area (Å²) in [6, 6.07) is -0.102. The molecule has 0 rings (SSSR count). The Morgan fingerprint density at radius 1 is 1.54 bits per heavy atom. The summed E-state index contributed by atoms with van der Waals surface area (Å²) in [4.78, 5) is 15.5. The summed E-state index contributed by atoms with van der Waals surface area (Å²) in [6.45, 7) is 6.29. The van der Waals surface area contributed by atoms with Gasteiger partial charge in [-0.15, -0.1) is 0 Å². The van der Waals surface area contributed by atoms with E-state index in [1.54, 1.807) is 0 Å². The number of hydroxylamine groups is 1. The average molecular weight is 188 g/mol. The lowest BCUT2D eigenvalue weighted by Gasteiger charge is -2.22. The molecular formula is C9H20N2O2.